The number of nitrogens with one attached hydrogen (secondary N) is 1. The Balaban J connectivity index is 0.00000254. The maximum absolute atomic E-state index is 13.2. The van der Waals surface area contributed by atoms with Crippen LogP contribution in [0.1, 0.15) is 19.4 Å². The quantitative estimate of drug-likeness (QED) is 0.391. The van der Waals surface area contributed by atoms with Crippen LogP contribution in [0.3, 0.4) is 0 Å². The van der Waals surface area contributed by atoms with E-state index in [1.54, 1.807) is 0 Å². The van der Waals surface area contributed by atoms with Gasteiger partial charge in [0.05, 0.1) is 13.2 Å². The molecule has 0 spiro atoms. The van der Waals surface area contributed by atoms with Gasteiger partial charge in [-0.15, -0.1) is 0 Å². The van der Waals surface area contributed by atoms with E-state index in [1.165, 1.54) is 6.92 Å². The molecule has 1 aromatic carbocycles. The van der Waals surface area contributed by atoms with E-state index in [0.29, 0.717) is 11.9 Å². The van der Waals surface area contributed by atoms with Crippen molar-refractivity contribution in [1.29, 1.82) is 0 Å². The van der Waals surface area contributed by atoms with Gasteiger partial charge in [0.25, 0.3) is 0 Å². The van der Waals surface area contributed by atoms with Crippen LogP contribution < -0.4 is 9.46 Å². The Morgan fingerprint density at radius 2 is 1.75 bits per heavy atom. The monoisotopic (exact) mass is 375 g/mol. The highest BCUT2D eigenvalue weighted by molar-refractivity contribution is 7.97. The van der Waals surface area contributed by atoms with Crippen LogP contribution in [0, 0.1) is 18.6 Å². The predicted octanol–water partition coefficient (Wildman–Crippen LogP) is 4.49. The van der Waals surface area contributed by atoms with Gasteiger partial charge in [-0.05, 0) is 6.92 Å². The number of alkyl halides is 3. The summed E-state index contributed by atoms with van der Waals surface area (Å²) < 4.78 is 74.5. The Morgan fingerprint density at radius 3 is 2.38 bits per heavy atom. The fourth-order valence-electron chi connectivity index (χ4n) is 1.40. The fourth-order valence-corrected chi connectivity index (χ4v) is 1.90. The average Bonchev–Trinajstić information content (AvgIpc) is 2.51. The van der Waals surface area contributed by atoms with Crippen molar-refractivity contribution in [3.8, 4) is 5.75 Å². The second-order valence-electron chi connectivity index (χ2n) is 4.27. The lowest BCUT2D eigenvalue weighted by molar-refractivity contribution is -0.105. The highest BCUT2D eigenvalue weighted by atomic mass is 32.2. The minimum absolute atomic E-state index is 0.0828. The highest BCUT2D eigenvalue weighted by Gasteiger charge is 2.26. The average molecular weight is 375 g/mol. The molecule has 0 unspecified atom stereocenters. The Hall–Kier alpha value is -1.06. The molecule has 0 radical (unpaired) electrons. The van der Waals surface area contributed by atoms with E-state index >= 15 is 0 Å². The summed E-state index contributed by atoms with van der Waals surface area (Å²) in [5.74, 6) is -2.30. The minimum atomic E-state index is -4.20. The van der Waals surface area contributed by atoms with Gasteiger partial charge in [-0.3, -0.25) is 4.72 Å². The van der Waals surface area contributed by atoms with Crippen LogP contribution in [0.4, 0.5) is 22.0 Å². The van der Waals surface area contributed by atoms with Crippen LogP contribution in [0.15, 0.2) is 12.1 Å². The Bertz CT molecular complexity index is 472. The predicted molar refractivity (Wildman–Crippen MR) is 85.3 cm³/mol. The summed E-state index contributed by atoms with van der Waals surface area (Å²) in [5, 5.41) is 0. The third kappa shape index (κ3) is 10.7. The number of hydrogen-bond donors (Lipinski definition) is 1. The number of ether oxygens (including phenoxy) is 2. The van der Waals surface area contributed by atoms with Crippen LogP contribution >= 0.6 is 11.9 Å². The first kappa shape index (κ1) is 22.9. The highest BCUT2D eigenvalue weighted by Crippen LogP contribution is 2.22. The summed E-state index contributed by atoms with van der Waals surface area (Å²) in [5.41, 5.74) is 0.201. The molecule has 9 heteroatoms. The number of rotatable bonds is 9. The normalized spacial score (nSPS) is 11.0. The Labute approximate surface area is 143 Å². The first-order chi connectivity index (χ1) is 11.3. The van der Waals surface area contributed by atoms with E-state index in [9.17, 15) is 22.0 Å². The van der Waals surface area contributed by atoms with Crippen molar-refractivity contribution in [2.24, 2.45) is 0 Å². The molecule has 0 atom stereocenters. The van der Waals surface area contributed by atoms with E-state index in [4.69, 9.17) is 9.47 Å². The van der Waals surface area contributed by atoms with Gasteiger partial charge in [0.2, 0.25) is 0 Å². The van der Waals surface area contributed by atoms with E-state index in [2.05, 4.69) is 4.72 Å². The summed E-state index contributed by atoms with van der Waals surface area (Å²) in [4.78, 5) is 0. The van der Waals surface area contributed by atoms with Gasteiger partial charge in [-0.2, -0.15) is 13.2 Å². The van der Waals surface area contributed by atoms with Gasteiger partial charge in [-0.25, -0.2) is 8.78 Å². The molecule has 1 aromatic rings. The lowest BCUT2D eigenvalue weighted by Gasteiger charge is -2.11. The zero-order chi connectivity index (χ0) is 18.6. The summed E-state index contributed by atoms with van der Waals surface area (Å²) >= 11 is 0.556. The van der Waals surface area contributed by atoms with Crippen LogP contribution in [0.5, 0.6) is 5.75 Å². The topological polar surface area (TPSA) is 30.5 Å². The molecule has 140 valence electrons. The molecule has 0 heterocycles. The molecule has 0 bridgehead atoms. The molecule has 24 heavy (non-hydrogen) atoms. The van der Waals surface area contributed by atoms with E-state index in [1.807, 2.05) is 13.8 Å². The molecule has 0 fully saturated rings. The van der Waals surface area contributed by atoms with Gasteiger partial charge in [0.15, 0.2) is 0 Å². The molecule has 0 aliphatic carbocycles. The third-order valence-electron chi connectivity index (χ3n) is 2.43. The zero-order valence-corrected chi connectivity index (χ0v) is 14.6. The maximum Gasteiger partial charge on any atom is 0.399 e. The molecule has 3 nitrogen and oxygen atoms in total. The largest absolute Gasteiger partial charge is 0.491 e. The first-order valence-corrected chi connectivity index (χ1v) is 8.36. The standard InChI is InChI=1S/C13H16F5NO2S.C2H6/c1-9-11(15)6-10(14)7-12(9)21-5-4-20-3-2-19-22-8-13(16,17)18;1-2/h6-7,19H,2-5,8H2,1H3;1-2H3. The molecule has 0 aliphatic heterocycles. The van der Waals surface area contributed by atoms with E-state index in [0.717, 1.165) is 12.1 Å². The molecular weight excluding hydrogens is 353 g/mol. The molecule has 0 aromatic heterocycles. The Morgan fingerprint density at radius 1 is 1.08 bits per heavy atom. The van der Waals surface area contributed by atoms with E-state index < -0.39 is 23.6 Å². The maximum atomic E-state index is 13.2. The number of hydrogen-bond acceptors (Lipinski definition) is 4. The second kappa shape index (κ2) is 12.3. The third-order valence-corrected chi connectivity index (χ3v) is 3.31. The first-order valence-electron chi connectivity index (χ1n) is 7.37. The van der Waals surface area contributed by atoms with Gasteiger partial charge in [-0.1, -0.05) is 25.8 Å². The second-order valence-corrected chi connectivity index (χ2v) is 5.14. The van der Waals surface area contributed by atoms with Crippen LogP contribution in [-0.4, -0.2) is 38.3 Å². The molecule has 1 rings (SSSR count). The number of halogens is 5. The SMILES string of the molecule is CC.Cc1c(F)cc(F)cc1OCCOCCNSCC(F)(F)F. The molecular formula is C15H22F5NO2S. The van der Waals surface area contributed by atoms with Crippen LogP contribution in [0.2, 0.25) is 0 Å². The molecule has 0 amide bonds. The van der Waals surface area contributed by atoms with Crippen molar-refractivity contribution in [1.82, 2.24) is 4.72 Å². The van der Waals surface area contributed by atoms with Crippen molar-refractivity contribution < 1.29 is 31.4 Å². The van der Waals surface area contributed by atoms with Crippen LogP contribution in [-0.2, 0) is 4.74 Å². The number of benzene rings is 1. The molecule has 1 N–H and O–H groups in total. The molecule has 0 aliphatic rings. The smallest absolute Gasteiger partial charge is 0.399 e. The summed E-state index contributed by atoms with van der Waals surface area (Å²) in [6.45, 7) is 6.15. The van der Waals surface area contributed by atoms with Crippen LogP contribution in [0.25, 0.3) is 0 Å². The van der Waals surface area contributed by atoms with Crippen molar-refractivity contribution >= 4 is 11.9 Å². The summed E-state index contributed by atoms with van der Waals surface area (Å²) in [6.07, 6.45) is -4.20. The summed E-state index contributed by atoms with van der Waals surface area (Å²) in [6, 6.07) is 1.84. The Kier molecular flexibility index (Phi) is 11.8. The zero-order valence-electron chi connectivity index (χ0n) is 13.8. The van der Waals surface area contributed by atoms with Gasteiger partial charge < -0.3 is 9.47 Å². The molecule has 0 saturated heterocycles. The summed E-state index contributed by atoms with van der Waals surface area (Å²) in [7, 11) is 0. The van der Waals surface area contributed by atoms with E-state index in [-0.39, 0.29) is 37.7 Å². The minimum Gasteiger partial charge on any atom is -0.491 e. The van der Waals surface area contributed by atoms with Crippen molar-refractivity contribution in [2.45, 2.75) is 26.9 Å². The molecule has 0 saturated carbocycles. The van der Waals surface area contributed by atoms with Crippen molar-refractivity contribution in [3.63, 3.8) is 0 Å². The fraction of sp³-hybridized carbons (Fsp3) is 0.600. The lowest BCUT2D eigenvalue weighted by Crippen LogP contribution is -2.19. The van der Waals surface area contributed by atoms with Crippen molar-refractivity contribution in [2.75, 3.05) is 32.1 Å². The van der Waals surface area contributed by atoms with Crippen molar-refractivity contribution in [3.05, 3.63) is 29.3 Å². The van der Waals surface area contributed by atoms with Gasteiger partial charge >= 0.3 is 6.18 Å². The van der Waals surface area contributed by atoms with Gasteiger partial charge in [0, 0.05) is 24.2 Å². The lowest BCUT2D eigenvalue weighted by atomic mass is 10.2. The van der Waals surface area contributed by atoms with Gasteiger partial charge in [0.1, 0.15) is 29.7 Å².